The molecule has 1 aromatic heterocycles. The third-order valence-electron chi connectivity index (χ3n) is 2.57. The number of aromatic amines is 1. The maximum Gasteiger partial charge on any atom is 0.417 e. The number of benzene rings is 1. The Morgan fingerprint density at radius 3 is 2.40 bits per heavy atom. The van der Waals surface area contributed by atoms with Crippen LogP contribution in [-0.4, -0.2) is 9.97 Å². The third kappa shape index (κ3) is 2.54. The molecule has 0 unspecified atom stereocenters. The third-order valence-corrected chi connectivity index (χ3v) is 2.57. The molecular weight excluding hydrogens is 283 g/mol. The molecule has 3 nitrogen and oxygen atoms in total. The molecule has 2 aromatic rings. The molecule has 0 radical (unpaired) electrons. The van der Waals surface area contributed by atoms with Crippen LogP contribution in [0.3, 0.4) is 0 Å². The van der Waals surface area contributed by atoms with Gasteiger partial charge in [-0.2, -0.15) is 17.6 Å². The normalized spacial score (nSPS) is 11.7. The van der Waals surface area contributed by atoms with Crippen molar-refractivity contribution in [3.63, 3.8) is 0 Å². The molecule has 0 atom stereocenters. The predicted octanol–water partition coefficient (Wildman–Crippen LogP) is 3.04. The van der Waals surface area contributed by atoms with Crippen molar-refractivity contribution in [3.05, 3.63) is 51.4 Å². The van der Waals surface area contributed by atoms with Gasteiger partial charge in [-0.05, 0) is 25.1 Å². The maximum absolute atomic E-state index is 13.1. The van der Waals surface area contributed by atoms with Crippen molar-refractivity contribution in [1.82, 2.24) is 9.97 Å². The van der Waals surface area contributed by atoms with Crippen molar-refractivity contribution in [3.8, 4) is 11.4 Å². The number of hydrogen-bond acceptors (Lipinski definition) is 2. The van der Waals surface area contributed by atoms with Crippen molar-refractivity contribution < 1.29 is 22.0 Å². The second-order valence-electron chi connectivity index (χ2n) is 4.00. The molecule has 20 heavy (non-hydrogen) atoms. The van der Waals surface area contributed by atoms with Crippen LogP contribution in [0.1, 0.15) is 11.3 Å². The second-order valence-corrected chi connectivity index (χ2v) is 4.00. The lowest BCUT2D eigenvalue weighted by Crippen LogP contribution is -2.17. The molecule has 1 heterocycles. The van der Waals surface area contributed by atoms with E-state index in [4.69, 9.17) is 0 Å². The fourth-order valence-corrected chi connectivity index (χ4v) is 1.66. The monoisotopic (exact) mass is 290 g/mol. The van der Waals surface area contributed by atoms with Crippen molar-refractivity contribution in [2.24, 2.45) is 0 Å². The van der Waals surface area contributed by atoms with Crippen LogP contribution < -0.4 is 5.56 Å². The number of nitrogens with zero attached hydrogens (tertiary/aromatic N) is 1. The summed E-state index contributed by atoms with van der Waals surface area (Å²) >= 11 is 0. The molecule has 1 N–H and O–H groups in total. The Hall–Kier alpha value is -2.25. The summed E-state index contributed by atoms with van der Waals surface area (Å²) in [5.41, 5.74) is -3.36. The van der Waals surface area contributed by atoms with E-state index in [1.54, 1.807) is 0 Å². The number of alkyl halides is 3. The summed E-state index contributed by atoms with van der Waals surface area (Å²) in [6, 6.07) is 1.91. The van der Waals surface area contributed by atoms with Crippen LogP contribution in [0.4, 0.5) is 22.0 Å². The number of halogens is 5. The molecule has 0 saturated carbocycles. The first-order valence-electron chi connectivity index (χ1n) is 5.33. The number of hydrogen-bond donors (Lipinski definition) is 1. The highest BCUT2D eigenvalue weighted by atomic mass is 19.4. The van der Waals surface area contributed by atoms with E-state index in [-0.39, 0.29) is 11.8 Å². The molecule has 2 rings (SSSR count). The Kier molecular flexibility index (Phi) is 3.33. The van der Waals surface area contributed by atoms with Gasteiger partial charge >= 0.3 is 6.18 Å². The van der Waals surface area contributed by atoms with Crippen molar-refractivity contribution >= 4 is 0 Å². The topological polar surface area (TPSA) is 45.8 Å². The molecule has 1 aromatic carbocycles. The molecule has 106 valence electrons. The Morgan fingerprint density at radius 2 is 1.85 bits per heavy atom. The average molecular weight is 290 g/mol. The predicted molar refractivity (Wildman–Crippen MR) is 59.9 cm³/mol. The van der Waals surface area contributed by atoms with E-state index in [1.807, 2.05) is 4.98 Å². The van der Waals surface area contributed by atoms with E-state index in [1.165, 1.54) is 0 Å². The van der Waals surface area contributed by atoms with Gasteiger partial charge in [0.1, 0.15) is 11.6 Å². The molecule has 0 bridgehead atoms. The van der Waals surface area contributed by atoms with E-state index in [0.29, 0.717) is 0 Å². The van der Waals surface area contributed by atoms with Crippen molar-refractivity contribution in [1.29, 1.82) is 0 Å². The lowest BCUT2D eigenvalue weighted by Gasteiger charge is -2.12. The van der Waals surface area contributed by atoms with E-state index in [0.717, 1.165) is 19.1 Å². The molecule has 0 fully saturated rings. The summed E-state index contributed by atoms with van der Waals surface area (Å²) in [6.45, 7) is 1.14. The van der Waals surface area contributed by atoms with Gasteiger partial charge in [0.2, 0.25) is 5.82 Å². The minimum atomic E-state index is -4.84. The van der Waals surface area contributed by atoms with Crippen LogP contribution in [0.15, 0.2) is 23.0 Å². The molecule has 0 aliphatic rings. The highest BCUT2D eigenvalue weighted by molar-refractivity contribution is 5.61. The summed E-state index contributed by atoms with van der Waals surface area (Å²) in [5, 5.41) is 0. The maximum atomic E-state index is 13.1. The molecule has 0 aliphatic heterocycles. The summed E-state index contributed by atoms with van der Waals surface area (Å²) in [7, 11) is 0. The van der Waals surface area contributed by atoms with Gasteiger partial charge in [-0.25, -0.2) is 9.37 Å². The molecule has 8 heteroatoms. The van der Waals surface area contributed by atoms with Gasteiger partial charge in [0.15, 0.2) is 0 Å². The summed E-state index contributed by atoms with van der Waals surface area (Å²) in [6.07, 6.45) is -4.84. The van der Waals surface area contributed by atoms with Crippen LogP contribution in [0.25, 0.3) is 11.4 Å². The number of aromatic nitrogens is 2. The highest BCUT2D eigenvalue weighted by Crippen LogP contribution is 2.36. The number of nitrogens with one attached hydrogen (secondary N) is 1. The van der Waals surface area contributed by atoms with Gasteiger partial charge in [0.05, 0.1) is 11.3 Å². The molecule has 0 amide bonds. The summed E-state index contributed by atoms with van der Waals surface area (Å²) in [5.74, 6) is -2.73. The van der Waals surface area contributed by atoms with E-state index < -0.39 is 40.3 Å². The van der Waals surface area contributed by atoms with Gasteiger partial charge in [-0.3, -0.25) is 4.79 Å². The van der Waals surface area contributed by atoms with Crippen LogP contribution >= 0.6 is 0 Å². The SMILES string of the molecule is Cc1nc(-c2ccc(F)cc2C(F)(F)F)[nH]c(=O)c1F. The van der Waals surface area contributed by atoms with Crippen LogP contribution in [-0.2, 0) is 6.18 Å². The first kappa shape index (κ1) is 14.2. The van der Waals surface area contributed by atoms with Gasteiger partial charge in [0.25, 0.3) is 5.56 Å². The van der Waals surface area contributed by atoms with Gasteiger partial charge < -0.3 is 4.98 Å². The van der Waals surface area contributed by atoms with Gasteiger partial charge in [-0.1, -0.05) is 0 Å². The van der Waals surface area contributed by atoms with Gasteiger partial charge in [-0.15, -0.1) is 0 Å². The number of H-pyrrole nitrogens is 1. The zero-order chi connectivity index (χ0) is 15.1. The van der Waals surface area contributed by atoms with E-state index >= 15 is 0 Å². The first-order valence-corrected chi connectivity index (χ1v) is 5.33. The highest BCUT2D eigenvalue weighted by Gasteiger charge is 2.35. The lowest BCUT2D eigenvalue weighted by molar-refractivity contribution is -0.137. The Bertz CT molecular complexity index is 721. The molecule has 0 aliphatic carbocycles. The van der Waals surface area contributed by atoms with Crippen LogP contribution in [0, 0.1) is 18.6 Å². The molecule has 0 saturated heterocycles. The quantitative estimate of drug-likeness (QED) is 0.820. The zero-order valence-corrected chi connectivity index (χ0v) is 9.98. The van der Waals surface area contributed by atoms with Gasteiger partial charge in [0, 0.05) is 5.56 Å². The smallest absolute Gasteiger partial charge is 0.304 e. The Labute approximate surface area is 109 Å². The second kappa shape index (κ2) is 4.69. The minimum Gasteiger partial charge on any atom is -0.304 e. The Balaban J connectivity index is 2.74. The largest absolute Gasteiger partial charge is 0.417 e. The Morgan fingerprint density at radius 1 is 1.20 bits per heavy atom. The molecule has 0 spiro atoms. The number of rotatable bonds is 1. The fourth-order valence-electron chi connectivity index (χ4n) is 1.66. The zero-order valence-electron chi connectivity index (χ0n) is 9.98. The van der Waals surface area contributed by atoms with Crippen molar-refractivity contribution in [2.75, 3.05) is 0 Å². The van der Waals surface area contributed by atoms with Crippen LogP contribution in [0.2, 0.25) is 0 Å². The number of aryl methyl sites for hydroxylation is 1. The fraction of sp³-hybridized carbons (Fsp3) is 0.167. The summed E-state index contributed by atoms with van der Waals surface area (Å²) in [4.78, 5) is 16.7. The standard InChI is InChI=1S/C12H7F5N2O/c1-5-9(14)11(20)19-10(18-5)7-3-2-6(13)4-8(7)12(15,16)17/h2-4H,1H3,(H,18,19,20). The first-order chi connectivity index (χ1) is 9.20. The van der Waals surface area contributed by atoms with E-state index in [2.05, 4.69) is 4.98 Å². The average Bonchev–Trinajstić information content (AvgIpc) is 2.34. The van der Waals surface area contributed by atoms with Crippen LogP contribution in [0.5, 0.6) is 0 Å². The minimum absolute atomic E-state index is 0.286. The van der Waals surface area contributed by atoms with Crippen molar-refractivity contribution in [2.45, 2.75) is 13.1 Å². The summed E-state index contributed by atoms with van der Waals surface area (Å²) < 4.78 is 64.6. The molecular formula is C12H7F5N2O. The van der Waals surface area contributed by atoms with E-state index in [9.17, 15) is 26.7 Å². The lowest BCUT2D eigenvalue weighted by atomic mass is 10.1.